The summed E-state index contributed by atoms with van der Waals surface area (Å²) in [7, 11) is 0. The van der Waals surface area contributed by atoms with Gasteiger partial charge in [-0.05, 0) is 50.9 Å². The Bertz CT molecular complexity index is 690. The van der Waals surface area contributed by atoms with Gasteiger partial charge in [0.1, 0.15) is 18.1 Å². The van der Waals surface area contributed by atoms with Gasteiger partial charge in [-0.25, -0.2) is 0 Å². The lowest BCUT2D eigenvalue weighted by Crippen LogP contribution is -2.46. The fraction of sp³-hybridized carbons (Fsp3) is 0.474. The number of rotatable bonds is 6. The van der Waals surface area contributed by atoms with E-state index in [1.54, 1.807) is 0 Å². The zero-order valence-corrected chi connectivity index (χ0v) is 16.0. The summed E-state index contributed by atoms with van der Waals surface area (Å²) in [6.07, 6.45) is 2.55. The van der Waals surface area contributed by atoms with Crippen molar-refractivity contribution in [2.24, 2.45) is 0 Å². The molecule has 2 N–H and O–H groups in total. The van der Waals surface area contributed by atoms with Crippen molar-refractivity contribution in [3.63, 3.8) is 0 Å². The zero-order chi connectivity index (χ0) is 17.6. The molecule has 1 aromatic carbocycles. The maximum atomic E-state index is 12.1. The first-order valence-electron chi connectivity index (χ1n) is 8.75. The highest BCUT2D eigenvalue weighted by Crippen LogP contribution is 2.18. The molecule has 6 nitrogen and oxygen atoms in total. The molecule has 1 aromatic heterocycles. The number of carbonyl (C=O) groups excluding carboxylic acids is 1. The average Bonchev–Trinajstić information content (AvgIpc) is 2.93. The van der Waals surface area contributed by atoms with Crippen LogP contribution in [0.2, 0.25) is 0 Å². The Morgan fingerprint density at radius 2 is 2.12 bits per heavy atom. The van der Waals surface area contributed by atoms with Crippen LogP contribution in [0.5, 0.6) is 5.75 Å². The largest absolute Gasteiger partial charge is 0.489 e. The molecule has 3 rings (SSSR count). The summed E-state index contributed by atoms with van der Waals surface area (Å²) >= 11 is 0. The van der Waals surface area contributed by atoms with E-state index in [2.05, 4.69) is 15.8 Å². The molecule has 0 bridgehead atoms. The second-order valence-electron chi connectivity index (χ2n) is 6.52. The maximum absolute atomic E-state index is 12.1. The van der Waals surface area contributed by atoms with Gasteiger partial charge in [-0.15, -0.1) is 12.4 Å². The van der Waals surface area contributed by atoms with Gasteiger partial charge in [-0.2, -0.15) is 0 Å². The third kappa shape index (κ3) is 5.47. The van der Waals surface area contributed by atoms with Gasteiger partial charge in [-0.3, -0.25) is 4.79 Å². The number of hydrogen-bond acceptors (Lipinski definition) is 5. The fourth-order valence-electron chi connectivity index (χ4n) is 3.01. The third-order valence-electron chi connectivity index (χ3n) is 4.51. The van der Waals surface area contributed by atoms with Crippen LogP contribution in [0, 0.1) is 13.8 Å². The second-order valence-corrected chi connectivity index (χ2v) is 6.52. The quantitative estimate of drug-likeness (QED) is 0.807. The Morgan fingerprint density at radius 3 is 2.73 bits per heavy atom. The molecule has 1 atom stereocenters. The topological polar surface area (TPSA) is 76.4 Å². The number of amides is 1. The van der Waals surface area contributed by atoms with Crippen LogP contribution < -0.4 is 15.4 Å². The van der Waals surface area contributed by atoms with E-state index in [9.17, 15) is 4.79 Å². The molecular formula is C19H26ClN3O3. The Morgan fingerprint density at radius 1 is 1.35 bits per heavy atom. The first-order chi connectivity index (χ1) is 12.1. The molecule has 0 spiro atoms. The average molecular weight is 380 g/mol. The molecule has 142 valence electrons. The van der Waals surface area contributed by atoms with Crippen LogP contribution >= 0.6 is 12.4 Å². The highest BCUT2D eigenvalue weighted by molar-refractivity contribution is 5.85. The van der Waals surface area contributed by atoms with Crippen LogP contribution in [0.25, 0.3) is 0 Å². The van der Waals surface area contributed by atoms with Gasteiger partial charge >= 0.3 is 0 Å². The third-order valence-corrected chi connectivity index (χ3v) is 4.51. The van der Waals surface area contributed by atoms with E-state index in [1.165, 1.54) is 0 Å². The van der Waals surface area contributed by atoms with E-state index in [4.69, 9.17) is 9.26 Å². The van der Waals surface area contributed by atoms with Gasteiger partial charge in [0.15, 0.2) is 0 Å². The van der Waals surface area contributed by atoms with Crippen molar-refractivity contribution < 1.29 is 14.1 Å². The Kier molecular flexibility index (Phi) is 7.48. The predicted molar refractivity (Wildman–Crippen MR) is 102 cm³/mol. The van der Waals surface area contributed by atoms with Gasteiger partial charge in [0.25, 0.3) is 0 Å². The zero-order valence-electron chi connectivity index (χ0n) is 15.2. The number of benzene rings is 1. The minimum Gasteiger partial charge on any atom is -0.489 e. The SMILES string of the molecule is Cc1noc(C)c1COc1ccc(CC(=O)NC2CCCNC2)cc1.Cl. The number of carbonyl (C=O) groups is 1. The molecule has 0 aliphatic carbocycles. The molecule has 1 amide bonds. The Hall–Kier alpha value is -2.05. The van der Waals surface area contributed by atoms with E-state index in [0.717, 1.165) is 54.3 Å². The summed E-state index contributed by atoms with van der Waals surface area (Å²) in [5, 5.41) is 10.3. The van der Waals surface area contributed by atoms with Crippen LogP contribution in [0.15, 0.2) is 28.8 Å². The van der Waals surface area contributed by atoms with E-state index in [-0.39, 0.29) is 24.4 Å². The van der Waals surface area contributed by atoms with Crippen LogP contribution in [-0.4, -0.2) is 30.2 Å². The molecule has 1 fully saturated rings. The minimum absolute atomic E-state index is 0. The predicted octanol–water partition coefficient (Wildman–Crippen LogP) is 2.70. The first kappa shape index (κ1) is 20.3. The summed E-state index contributed by atoms with van der Waals surface area (Å²) in [4.78, 5) is 12.1. The molecule has 26 heavy (non-hydrogen) atoms. The summed E-state index contributed by atoms with van der Waals surface area (Å²) in [6, 6.07) is 7.90. The van der Waals surface area contributed by atoms with Crippen LogP contribution in [-0.2, 0) is 17.8 Å². The number of piperidine rings is 1. The van der Waals surface area contributed by atoms with Crippen molar-refractivity contribution in [1.29, 1.82) is 0 Å². The lowest BCUT2D eigenvalue weighted by atomic mass is 10.1. The molecule has 0 saturated carbocycles. The highest BCUT2D eigenvalue weighted by Gasteiger charge is 2.15. The van der Waals surface area contributed by atoms with Gasteiger partial charge < -0.3 is 19.9 Å². The van der Waals surface area contributed by atoms with Crippen LogP contribution in [0.1, 0.15) is 35.4 Å². The van der Waals surface area contributed by atoms with Gasteiger partial charge in [0, 0.05) is 12.6 Å². The van der Waals surface area contributed by atoms with E-state index in [0.29, 0.717) is 13.0 Å². The summed E-state index contributed by atoms with van der Waals surface area (Å²) in [5.41, 5.74) is 2.80. The number of hydrogen-bond donors (Lipinski definition) is 2. The molecule has 1 unspecified atom stereocenters. The maximum Gasteiger partial charge on any atom is 0.224 e. The smallest absolute Gasteiger partial charge is 0.224 e. The molecule has 1 saturated heterocycles. The number of nitrogens with zero attached hydrogens (tertiary/aromatic N) is 1. The molecule has 0 radical (unpaired) electrons. The van der Waals surface area contributed by atoms with Gasteiger partial charge in [0.2, 0.25) is 5.91 Å². The Labute approximate surface area is 160 Å². The molecule has 2 heterocycles. The lowest BCUT2D eigenvalue weighted by Gasteiger charge is -2.23. The van der Waals surface area contributed by atoms with Crippen molar-refractivity contribution >= 4 is 18.3 Å². The molecule has 2 aromatic rings. The number of nitrogens with one attached hydrogen (secondary N) is 2. The van der Waals surface area contributed by atoms with Crippen molar-refractivity contribution in [2.75, 3.05) is 13.1 Å². The second kappa shape index (κ2) is 9.59. The molecular weight excluding hydrogens is 354 g/mol. The van der Waals surface area contributed by atoms with Crippen molar-refractivity contribution in [2.45, 2.75) is 45.8 Å². The molecule has 7 heteroatoms. The molecule has 1 aliphatic rings. The van der Waals surface area contributed by atoms with Crippen molar-refractivity contribution in [3.05, 3.63) is 46.8 Å². The Balaban J connectivity index is 0.00000243. The summed E-state index contributed by atoms with van der Waals surface area (Å²) in [6.45, 7) is 6.11. The molecule has 1 aliphatic heterocycles. The first-order valence-corrected chi connectivity index (χ1v) is 8.75. The number of aryl methyl sites for hydroxylation is 2. The summed E-state index contributed by atoms with van der Waals surface area (Å²) in [5.74, 6) is 1.61. The normalized spacial score (nSPS) is 16.6. The van der Waals surface area contributed by atoms with Crippen LogP contribution in [0.3, 0.4) is 0 Å². The standard InChI is InChI=1S/C19H25N3O3.ClH/c1-13-18(14(2)25-22-13)12-24-17-7-5-15(6-8-17)10-19(23)21-16-4-3-9-20-11-16;/h5-8,16,20H,3-4,9-12H2,1-2H3,(H,21,23);1H. The number of halogens is 1. The van der Waals surface area contributed by atoms with Gasteiger partial charge in [-0.1, -0.05) is 17.3 Å². The van der Waals surface area contributed by atoms with E-state index >= 15 is 0 Å². The van der Waals surface area contributed by atoms with Gasteiger partial charge in [0.05, 0.1) is 17.7 Å². The summed E-state index contributed by atoms with van der Waals surface area (Å²) < 4.78 is 10.9. The fourth-order valence-corrected chi connectivity index (χ4v) is 3.01. The number of aromatic nitrogens is 1. The van der Waals surface area contributed by atoms with E-state index < -0.39 is 0 Å². The van der Waals surface area contributed by atoms with Crippen LogP contribution in [0.4, 0.5) is 0 Å². The van der Waals surface area contributed by atoms with E-state index in [1.807, 2.05) is 38.1 Å². The minimum atomic E-state index is 0. The lowest BCUT2D eigenvalue weighted by molar-refractivity contribution is -0.121. The highest BCUT2D eigenvalue weighted by atomic mass is 35.5. The monoisotopic (exact) mass is 379 g/mol. The number of ether oxygens (including phenoxy) is 1. The van der Waals surface area contributed by atoms with Crippen molar-refractivity contribution in [1.82, 2.24) is 15.8 Å². The van der Waals surface area contributed by atoms with Crippen molar-refractivity contribution in [3.8, 4) is 5.75 Å².